The van der Waals surface area contributed by atoms with Gasteiger partial charge < -0.3 is 36.2 Å². The molecule has 16 heteroatoms. The summed E-state index contributed by atoms with van der Waals surface area (Å²) in [7, 11) is -16.9. The molecule has 6 aromatic rings. The van der Waals surface area contributed by atoms with Crippen LogP contribution in [0, 0.1) is 41.5 Å². The van der Waals surface area contributed by atoms with Crippen LogP contribution >= 0.6 is 30.6 Å². The van der Waals surface area contributed by atoms with E-state index in [1.807, 2.05) is 201 Å². The van der Waals surface area contributed by atoms with Crippen LogP contribution in [0.5, 0.6) is 34.5 Å². The van der Waals surface area contributed by atoms with E-state index in [4.69, 9.17) is 54.3 Å². The van der Waals surface area contributed by atoms with Crippen LogP contribution in [-0.4, -0.2) is 13.2 Å². The maximum absolute atomic E-state index is 7.28. The Balaban J connectivity index is 1.74. The van der Waals surface area contributed by atoms with Crippen molar-refractivity contribution in [2.75, 3.05) is 13.2 Å². The molecule has 6 aromatic carbocycles. The monoisotopic (exact) mass is 940 g/mol. The molecule has 0 radical (unpaired) electrons. The van der Waals surface area contributed by atoms with Crippen molar-refractivity contribution < 1.29 is 36.2 Å². The third-order valence-corrected chi connectivity index (χ3v) is 20.6. The Bertz CT molecular complexity index is 2570. The molecule has 0 bridgehead atoms. The van der Waals surface area contributed by atoms with Crippen LogP contribution in [-0.2, 0) is 9.05 Å². The molecule has 0 unspecified atom stereocenters. The Labute approximate surface area is 378 Å². The van der Waals surface area contributed by atoms with E-state index in [9.17, 15) is 0 Å². The van der Waals surface area contributed by atoms with E-state index in [2.05, 4.69) is 0 Å². The number of aryl methyl sites for hydroxylation is 6. The summed E-state index contributed by atoms with van der Waals surface area (Å²) >= 11 is 0. The summed E-state index contributed by atoms with van der Waals surface area (Å²) in [6.07, 6.45) is 1.21. The molecular formula is C48H56N4O8P4. The molecule has 336 valence electrons. The number of rotatable bonds is 18. The highest BCUT2D eigenvalue weighted by Crippen LogP contribution is 2.80. The molecule has 0 aromatic heterocycles. The van der Waals surface area contributed by atoms with E-state index in [0.29, 0.717) is 47.3 Å². The molecule has 0 saturated carbocycles. The number of hydrogen-bond acceptors (Lipinski definition) is 12. The van der Waals surface area contributed by atoms with Gasteiger partial charge in [-0.1, -0.05) is 132 Å². The van der Waals surface area contributed by atoms with Crippen molar-refractivity contribution in [3.63, 3.8) is 0 Å². The maximum Gasteiger partial charge on any atom is 0.460 e. The number of benzene rings is 6. The predicted molar refractivity (Wildman–Crippen MR) is 261 cm³/mol. The minimum atomic E-state index is -4.35. The summed E-state index contributed by atoms with van der Waals surface area (Å²) in [6.45, 7) is 16.1. The topological polar surface area (TPSA) is 123 Å². The molecule has 1 aliphatic heterocycles. The van der Waals surface area contributed by atoms with Crippen molar-refractivity contribution in [2.24, 2.45) is 18.1 Å². The fraction of sp³-hybridized carbons (Fsp3) is 0.250. The molecule has 0 saturated heterocycles. The number of para-hydroxylation sites is 6. The van der Waals surface area contributed by atoms with Gasteiger partial charge in [-0.3, -0.25) is 0 Å². The summed E-state index contributed by atoms with van der Waals surface area (Å²) in [5, 5.41) is 0. The van der Waals surface area contributed by atoms with E-state index in [1.165, 1.54) is 0 Å². The lowest BCUT2D eigenvalue weighted by molar-refractivity contribution is 0.240. The van der Waals surface area contributed by atoms with Crippen molar-refractivity contribution in [2.45, 2.75) is 68.2 Å². The minimum absolute atomic E-state index is 0.202. The first-order valence-electron chi connectivity index (χ1n) is 21.2. The molecule has 0 N–H and O–H groups in total. The molecule has 0 aliphatic carbocycles. The van der Waals surface area contributed by atoms with Gasteiger partial charge in [0.1, 0.15) is 34.5 Å². The zero-order valence-electron chi connectivity index (χ0n) is 37.5. The first kappa shape index (κ1) is 46.9. The van der Waals surface area contributed by atoms with Gasteiger partial charge in [-0.15, -0.1) is 9.03 Å². The van der Waals surface area contributed by atoms with Gasteiger partial charge in [0.25, 0.3) is 0 Å². The van der Waals surface area contributed by atoms with Crippen molar-refractivity contribution in [3.8, 4) is 34.5 Å². The van der Waals surface area contributed by atoms with Gasteiger partial charge in [0, 0.05) is 0 Å². The van der Waals surface area contributed by atoms with Gasteiger partial charge in [-0.05, 0) is 124 Å². The second kappa shape index (κ2) is 20.9. The molecule has 1 heterocycles. The van der Waals surface area contributed by atoms with Crippen LogP contribution in [0.4, 0.5) is 0 Å². The zero-order chi connectivity index (χ0) is 45.2. The van der Waals surface area contributed by atoms with Gasteiger partial charge in [0.05, 0.1) is 13.2 Å². The summed E-state index contributed by atoms with van der Waals surface area (Å²) in [6, 6.07) is 45.6. The van der Waals surface area contributed by atoms with E-state index < -0.39 is 30.6 Å². The summed E-state index contributed by atoms with van der Waals surface area (Å²) in [5.41, 5.74) is 4.81. The fourth-order valence-electron chi connectivity index (χ4n) is 6.20. The SMILES string of the molecule is CCCOP1(OCCC)=NP(Oc2ccccc2C)(Oc2ccccc2C)=NP(Oc2ccccc2C)(Oc2ccccc2C)=NP(Oc2ccccc2C)(Oc2ccccc2C)=N1. The van der Waals surface area contributed by atoms with Crippen molar-refractivity contribution in [3.05, 3.63) is 179 Å². The molecule has 0 fully saturated rings. The lowest BCUT2D eigenvalue weighted by Gasteiger charge is -2.34. The molecule has 12 nitrogen and oxygen atoms in total. The third-order valence-electron chi connectivity index (χ3n) is 9.70. The summed E-state index contributed by atoms with van der Waals surface area (Å²) in [5.74, 6) is 2.72. The highest BCUT2D eigenvalue weighted by Gasteiger charge is 2.48. The minimum Gasteiger partial charge on any atom is -0.413 e. The smallest absolute Gasteiger partial charge is 0.413 e. The zero-order valence-corrected chi connectivity index (χ0v) is 41.1. The van der Waals surface area contributed by atoms with Crippen LogP contribution in [0.2, 0.25) is 0 Å². The Morgan fingerprint density at radius 3 is 0.688 bits per heavy atom. The second-order valence-corrected chi connectivity index (χ2v) is 23.5. The van der Waals surface area contributed by atoms with Crippen molar-refractivity contribution in [1.29, 1.82) is 0 Å². The average Bonchev–Trinajstić information content (AvgIpc) is 3.27. The fourth-order valence-corrected chi connectivity index (χ4v) is 19.0. The number of hydrogen-bond donors (Lipinski definition) is 0. The largest absolute Gasteiger partial charge is 0.460 e. The van der Waals surface area contributed by atoms with Gasteiger partial charge >= 0.3 is 30.6 Å². The van der Waals surface area contributed by atoms with E-state index in [-0.39, 0.29) is 13.2 Å². The maximum atomic E-state index is 7.28. The molecule has 0 spiro atoms. The highest BCUT2D eigenvalue weighted by atomic mass is 31.3. The molecular weight excluding hydrogens is 884 g/mol. The Morgan fingerprint density at radius 2 is 0.484 bits per heavy atom. The van der Waals surface area contributed by atoms with E-state index in [0.717, 1.165) is 33.4 Å². The van der Waals surface area contributed by atoms with Crippen LogP contribution in [0.1, 0.15) is 60.1 Å². The standard InChI is InChI=1S/C48H56N4O8P4/c1-9-35-53-61(54-36-10-2)49-62(55-43-29-17-11-23-37(43)3,56-44-30-18-12-24-38(44)4)51-64(59-47-33-21-15-27-41(47)7,60-48-34-22-16-28-42(48)8)52-63(50-61,57-45-31-19-13-25-39(45)5)58-46-32-20-14-26-40(46)6/h11-34H,9-10,35-36H2,1-8H3. The Morgan fingerprint density at radius 1 is 0.297 bits per heavy atom. The summed E-state index contributed by atoms with van der Waals surface area (Å²) in [4.78, 5) is 0. The normalized spacial score (nSPS) is 15.6. The molecule has 7 rings (SSSR count). The lowest BCUT2D eigenvalue weighted by atomic mass is 10.2. The van der Waals surface area contributed by atoms with Crippen molar-refractivity contribution >= 4 is 30.6 Å². The van der Waals surface area contributed by atoms with Crippen molar-refractivity contribution in [1.82, 2.24) is 0 Å². The quantitative estimate of drug-likeness (QED) is 0.0781. The van der Waals surface area contributed by atoms with Gasteiger partial charge in [-0.2, -0.15) is 0 Å². The molecule has 0 amide bonds. The lowest BCUT2D eigenvalue weighted by Crippen LogP contribution is -2.11. The van der Waals surface area contributed by atoms with Crippen LogP contribution in [0.3, 0.4) is 0 Å². The summed E-state index contributed by atoms with van der Waals surface area (Å²) < 4.78 is 79.7. The molecule has 1 aliphatic rings. The third kappa shape index (κ3) is 11.4. The van der Waals surface area contributed by atoms with Gasteiger partial charge in [-0.25, -0.2) is 0 Å². The number of nitrogens with zero attached hydrogens (tertiary/aromatic N) is 4. The van der Waals surface area contributed by atoms with Crippen LogP contribution < -0.4 is 27.1 Å². The average molecular weight is 941 g/mol. The predicted octanol–water partition coefficient (Wildman–Crippen LogP) is 17.0. The van der Waals surface area contributed by atoms with E-state index in [1.54, 1.807) is 0 Å². The first-order valence-corrected chi connectivity index (χ1v) is 27.4. The highest BCUT2D eigenvalue weighted by molar-refractivity contribution is 7.79. The van der Waals surface area contributed by atoms with Gasteiger partial charge in [0.2, 0.25) is 0 Å². The Hall–Kier alpha value is -5.04. The molecule has 64 heavy (non-hydrogen) atoms. The van der Waals surface area contributed by atoms with Gasteiger partial charge in [0.15, 0.2) is 0 Å². The van der Waals surface area contributed by atoms with Crippen LogP contribution in [0.15, 0.2) is 164 Å². The molecule has 0 atom stereocenters. The second-order valence-electron chi connectivity index (χ2n) is 15.1. The van der Waals surface area contributed by atoms with E-state index >= 15 is 0 Å². The first-order chi connectivity index (χ1) is 30.9. The van der Waals surface area contributed by atoms with Crippen LogP contribution in [0.25, 0.3) is 0 Å². The Kier molecular flexibility index (Phi) is 15.3.